The van der Waals surface area contributed by atoms with Gasteiger partial charge in [-0.05, 0) is 25.0 Å². The number of carbonyl (C=O) groups excluding carboxylic acids is 1. The highest BCUT2D eigenvalue weighted by molar-refractivity contribution is 5.84. The molecule has 0 aliphatic carbocycles. The van der Waals surface area contributed by atoms with Gasteiger partial charge in [0.05, 0.1) is 19.8 Å². The number of aromatic nitrogens is 1. The van der Waals surface area contributed by atoms with Crippen molar-refractivity contribution in [1.82, 2.24) is 10.3 Å². The molecule has 1 amide bonds. The number of H-pyrrole nitrogens is 1. The summed E-state index contributed by atoms with van der Waals surface area (Å²) in [6.07, 6.45) is 2.69. The first-order valence-electron chi connectivity index (χ1n) is 7.68. The number of fused-ring (bicyclic) bond motifs is 1. The van der Waals surface area contributed by atoms with E-state index < -0.39 is 5.79 Å². The fourth-order valence-electron chi connectivity index (χ4n) is 2.80. The Morgan fingerprint density at radius 3 is 2.86 bits per heavy atom. The van der Waals surface area contributed by atoms with Crippen LogP contribution in [0.5, 0.6) is 0 Å². The molecule has 0 bridgehead atoms. The van der Waals surface area contributed by atoms with Crippen molar-refractivity contribution in [1.29, 1.82) is 0 Å². The molecule has 3 rings (SSSR count). The van der Waals surface area contributed by atoms with Crippen LogP contribution in [0.25, 0.3) is 10.9 Å². The minimum absolute atomic E-state index is 0.0191. The molecular weight excluding hydrogens is 280 g/mol. The largest absolute Gasteiger partial charge is 0.361 e. The van der Waals surface area contributed by atoms with Gasteiger partial charge in [-0.2, -0.15) is 0 Å². The number of nitrogens with one attached hydrogen (secondary N) is 2. The van der Waals surface area contributed by atoms with Crippen LogP contribution in [0, 0.1) is 5.92 Å². The van der Waals surface area contributed by atoms with E-state index in [0.29, 0.717) is 26.2 Å². The summed E-state index contributed by atoms with van der Waals surface area (Å²) in [6.45, 7) is 5.33. The van der Waals surface area contributed by atoms with Gasteiger partial charge in [0.25, 0.3) is 0 Å². The first-order chi connectivity index (χ1) is 10.6. The minimum atomic E-state index is -0.684. The smallest absolute Gasteiger partial charge is 0.223 e. The van der Waals surface area contributed by atoms with E-state index in [9.17, 15) is 4.79 Å². The van der Waals surface area contributed by atoms with Crippen molar-refractivity contribution in [3.8, 4) is 0 Å². The second-order valence-corrected chi connectivity index (χ2v) is 6.01. The Hall–Kier alpha value is -1.85. The van der Waals surface area contributed by atoms with Gasteiger partial charge in [-0.3, -0.25) is 4.79 Å². The van der Waals surface area contributed by atoms with Gasteiger partial charge >= 0.3 is 0 Å². The zero-order chi connectivity index (χ0) is 15.6. The van der Waals surface area contributed by atoms with Crippen LogP contribution in [0.2, 0.25) is 0 Å². The maximum Gasteiger partial charge on any atom is 0.223 e. The number of ether oxygens (including phenoxy) is 2. The lowest BCUT2D eigenvalue weighted by Crippen LogP contribution is -2.43. The van der Waals surface area contributed by atoms with E-state index in [2.05, 4.69) is 16.4 Å². The predicted molar refractivity (Wildman–Crippen MR) is 84.5 cm³/mol. The second-order valence-electron chi connectivity index (χ2n) is 6.01. The molecule has 1 fully saturated rings. The average Bonchev–Trinajstić information content (AvgIpc) is 3.13. The number of hydrogen-bond acceptors (Lipinski definition) is 3. The zero-order valence-corrected chi connectivity index (χ0v) is 13.0. The van der Waals surface area contributed by atoms with Crippen LogP contribution in [-0.4, -0.2) is 36.4 Å². The van der Waals surface area contributed by atoms with Crippen molar-refractivity contribution >= 4 is 16.8 Å². The number of carbonyl (C=O) groups is 1. The SMILES string of the molecule is CC(Cc1c[nH]c2ccccc12)C(=O)NCC1(C)OCCO1. The third kappa shape index (κ3) is 3.15. The van der Waals surface area contributed by atoms with Gasteiger partial charge in [0.1, 0.15) is 0 Å². The fourth-order valence-corrected chi connectivity index (χ4v) is 2.80. The maximum atomic E-state index is 12.3. The van der Waals surface area contributed by atoms with Crippen LogP contribution in [0.4, 0.5) is 0 Å². The molecule has 1 saturated heterocycles. The van der Waals surface area contributed by atoms with E-state index in [-0.39, 0.29) is 11.8 Å². The van der Waals surface area contributed by atoms with Crippen LogP contribution >= 0.6 is 0 Å². The molecule has 1 aliphatic rings. The molecule has 1 aliphatic heterocycles. The molecule has 1 unspecified atom stereocenters. The van der Waals surface area contributed by atoms with Crippen LogP contribution in [0.15, 0.2) is 30.5 Å². The van der Waals surface area contributed by atoms with Gasteiger partial charge < -0.3 is 19.8 Å². The quantitative estimate of drug-likeness (QED) is 0.890. The summed E-state index contributed by atoms with van der Waals surface area (Å²) in [5, 5.41) is 4.10. The lowest BCUT2D eigenvalue weighted by Gasteiger charge is -2.23. The average molecular weight is 302 g/mol. The number of hydrogen-bond donors (Lipinski definition) is 2. The lowest BCUT2D eigenvalue weighted by molar-refractivity contribution is -0.146. The number of rotatable bonds is 5. The van der Waals surface area contributed by atoms with Crippen molar-refractivity contribution < 1.29 is 14.3 Å². The molecule has 1 aromatic heterocycles. The molecule has 118 valence electrons. The first kappa shape index (κ1) is 15.1. The van der Waals surface area contributed by atoms with Gasteiger partial charge in [0.2, 0.25) is 5.91 Å². The van der Waals surface area contributed by atoms with Crippen molar-refractivity contribution in [3.63, 3.8) is 0 Å². The molecule has 0 radical (unpaired) electrons. The van der Waals surface area contributed by atoms with Gasteiger partial charge in [-0.25, -0.2) is 0 Å². The van der Waals surface area contributed by atoms with E-state index in [0.717, 1.165) is 11.1 Å². The van der Waals surface area contributed by atoms with Gasteiger partial charge in [0.15, 0.2) is 5.79 Å². The highest BCUT2D eigenvalue weighted by Crippen LogP contribution is 2.21. The molecule has 22 heavy (non-hydrogen) atoms. The molecule has 1 atom stereocenters. The van der Waals surface area contributed by atoms with E-state index in [1.165, 1.54) is 5.39 Å². The number of aromatic amines is 1. The van der Waals surface area contributed by atoms with Crippen LogP contribution in [0.1, 0.15) is 19.4 Å². The Labute approximate surface area is 130 Å². The standard InChI is InChI=1S/C17H22N2O3/c1-12(16(20)19-11-17(2)21-7-8-22-17)9-13-10-18-15-6-4-3-5-14(13)15/h3-6,10,12,18H,7-9,11H2,1-2H3,(H,19,20). The molecule has 2 aromatic rings. The normalized spacial score (nSPS) is 18.5. The molecule has 5 nitrogen and oxygen atoms in total. The third-order valence-corrected chi connectivity index (χ3v) is 4.13. The van der Waals surface area contributed by atoms with E-state index in [4.69, 9.17) is 9.47 Å². The fraction of sp³-hybridized carbons (Fsp3) is 0.471. The van der Waals surface area contributed by atoms with Gasteiger partial charge in [-0.1, -0.05) is 25.1 Å². The van der Waals surface area contributed by atoms with Gasteiger partial charge in [-0.15, -0.1) is 0 Å². The zero-order valence-electron chi connectivity index (χ0n) is 13.0. The molecular formula is C17H22N2O3. The van der Waals surface area contributed by atoms with Crippen LogP contribution in [-0.2, 0) is 20.7 Å². The van der Waals surface area contributed by atoms with Crippen LogP contribution in [0.3, 0.4) is 0 Å². The van der Waals surface area contributed by atoms with Crippen molar-refractivity contribution in [2.24, 2.45) is 5.92 Å². The molecule has 0 spiro atoms. The van der Waals surface area contributed by atoms with Crippen molar-refractivity contribution in [2.45, 2.75) is 26.1 Å². The Morgan fingerprint density at radius 2 is 2.09 bits per heavy atom. The van der Waals surface area contributed by atoms with E-state index >= 15 is 0 Å². The van der Waals surface area contributed by atoms with Crippen LogP contribution < -0.4 is 5.32 Å². The summed E-state index contributed by atoms with van der Waals surface area (Å²) < 4.78 is 11.0. The molecule has 0 saturated carbocycles. The lowest BCUT2D eigenvalue weighted by atomic mass is 10.00. The highest BCUT2D eigenvalue weighted by atomic mass is 16.7. The topological polar surface area (TPSA) is 63.4 Å². The summed E-state index contributed by atoms with van der Waals surface area (Å²) in [4.78, 5) is 15.5. The second kappa shape index (κ2) is 6.10. The summed E-state index contributed by atoms with van der Waals surface area (Å²) in [5.74, 6) is -0.772. The Morgan fingerprint density at radius 1 is 1.36 bits per heavy atom. The van der Waals surface area contributed by atoms with Gasteiger partial charge in [0, 0.05) is 23.0 Å². The number of amides is 1. The Kier molecular flexibility index (Phi) is 4.18. The van der Waals surface area contributed by atoms with E-state index in [1.807, 2.05) is 38.2 Å². The number of benzene rings is 1. The molecule has 5 heteroatoms. The van der Waals surface area contributed by atoms with Crippen molar-refractivity contribution in [2.75, 3.05) is 19.8 Å². The van der Waals surface area contributed by atoms with Crippen molar-refractivity contribution in [3.05, 3.63) is 36.0 Å². The molecule has 2 heterocycles. The minimum Gasteiger partial charge on any atom is -0.361 e. The summed E-state index contributed by atoms with van der Waals surface area (Å²) in [6, 6.07) is 8.13. The third-order valence-electron chi connectivity index (χ3n) is 4.13. The summed E-state index contributed by atoms with van der Waals surface area (Å²) >= 11 is 0. The summed E-state index contributed by atoms with van der Waals surface area (Å²) in [5.41, 5.74) is 2.27. The first-order valence-corrected chi connectivity index (χ1v) is 7.68. The maximum absolute atomic E-state index is 12.3. The molecule has 1 aromatic carbocycles. The molecule has 2 N–H and O–H groups in total. The Bertz CT molecular complexity index is 659. The Balaban J connectivity index is 1.59. The predicted octanol–water partition coefficient (Wildman–Crippen LogP) is 2.23. The number of para-hydroxylation sites is 1. The monoisotopic (exact) mass is 302 g/mol. The van der Waals surface area contributed by atoms with E-state index in [1.54, 1.807) is 0 Å². The highest BCUT2D eigenvalue weighted by Gasteiger charge is 2.31. The summed E-state index contributed by atoms with van der Waals surface area (Å²) in [7, 11) is 0.